The number of allylic oxidation sites excluding steroid dienone is 1. The second kappa shape index (κ2) is 6.74. The summed E-state index contributed by atoms with van der Waals surface area (Å²) in [5.74, 6) is -1.53. The van der Waals surface area contributed by atoms with Gasteiger partial charge in [-0.2, -0.15) is 0 Å². The number of fused-ring (bicyclic) bond motifs is 1. The third-order valence-corrected chi connectivity index (χ3v) is 4.60. The number of ketones is 1. The normalized spacial score (nSPS) is 20.0. The first kappa shape index (κ1) is 17.3. The topological polar surface area (TPSA) is 66.5 Å². The van der Waals surface area contributed by atoms with E-state index in [9.17, 15) is 23.2 Å². The maximum Gasteiger partial charge on any atom is 0.295 e. The van der Waals surface area contributed by atoms with E-state index in [2.05, 4.69) is 11.9 Å². The van der Waals surface area contributed by atoms with Crippen LogP contribution in [0, 0.1) is 0 Å². The average molecular weight is 348 g/mol. The van der Waals surface area contributed by atoms with E-state index in [1.165, 1.54) is 4.90 Å². The van der Waals surface area contributed by atoms with Crippen molar-refractivity contribution in [3.8, 4) is 0 Å². The van der Waals surface area contributed by atoms with Crippen molar-refractivity contribution < 1.29 is 23.2 Å². The van der Waals surface area contributed by atoms with Gasteiger partial charge in [0.25, 0.3) is 12.3 Å². The molecular formula is C18H18F2N2O3. The Balaban J connectivity index is 1.72. The zero-order valence-corrected chi connectivity index (χ0v) is 13.6. The number of nitrogens with zero attached hydrogens (tertiary/aromatic N) is 1. The monoisotopic (exact) mass is 348 g/mol. The SMILES string of the molecule is C=C1CCC(N2Cc3cc(CCC(=O)C(F)F)ccc3C2=O)C(=O)N1. The molecule has 0 aromatic heterocycles. The molecule has 0 radical (unpaired) electrons. The highest BCUT2D eigenvalue weighted by molar-refractivity contribution is 6.01. The van der Waals surface area contributed by atoms with E-state index in [0.717, 1.165) is 11.1 Å². The minimum atomic E-state index is -2.95. The minimum absolute atomic E-state index is 0.203. The third-order valence-electron chi connectivity index (χ3n) is 4.60. The largest absolute Gasteiger partial charge is 0.329 e. The lowest BCUT2D eigenvalue weighted by molar-refractivity contribution is -0.129. The van der Waals surface area contributed by atoms with Gasteiger partial charge in [-0.05, 0) is 36.5 Å². The van der Waals surface area contributed by atoms with Crippen LogP contribution in [-0.2, 0) is 22.6 Å². The van der Waals surface area contributed by atoms with Crippen molar-refractivity contribution >= 4 is 17.6 Å². The van der Waals surface area contributed by atoms with Gasteiger partial charge >= 0.3 is 0 Å². The van der Waals surface area contributed by atoms with Gasteiger partial charge in [-0.25, -0.2) is 8.78 Å². The Morgan fingerprint density at radius 1 is 1.36 bits per heavy atom. The molecule has 1 aromatic carbocycles. The van der Waals surface area contributed by atoms with Crippen molar-refractivity contribution in [2.45, 2.75) is 44.7 Å². The van der Waals surface area contributed by atoms with Crippen molar-refractivity contribution in [1.29, 1.82) is 0 Å². The van der Waals surface area contributed by atoms with E-state index in [0.29, 0.717) is 30.6 Å². The molecule has 3 rings (SSSR count). The van der Waals surface area contributed by atoms with Gasteiger partial charge in [0.2, 0.25) is 5.91 Å². The highest BCUT2D eigenvalue weighted by Crippen LogP contribution is 2.29. The number of benzene rings is 1. The lowest BCUT2D eigenvalue weighted by Crippen LogP contribution is -2.49. The maximum atomic E-state index is 12.6. The quantitative estimate of drug-likeness (QED) is 0.887. The summed E-state index contributed by atoms with van der Waals surface area (Å²) in [6.07, 6.45) is -1.83. The van der Waals surface area contributed by atoms with Crippen LogP contribution < -0.4 is 5.32 Å². The van der Waals surface area contributed by atoms with Crippen molar-refractivity contribution in [3.63, 3.8) is 0 Å². The molecule has 0 spiro atoms. The Morgan fingerprint density at radius 3 is 2.80 bits per heavy atom. The number of piperidine rings is 1. The Hall–Kier alpha value is -2.57. The first-order valence-corrected chi connectivity index (χ1v) is 8.09. The summed E-state index contributed by atoms with van der Waals surface area (Å²) < 4.78 is 24.6. The van der Waals surface area contributed by atoms with Gasteiger partial charge in [0.1, 0.15) is 6.04 Å². The number of amides is 2. The minimum Gasteiger partial charge on any atom is -0.329 e. The summed E-state index contributed by atoms with van der Waals surface area (Å²) in [7, 11) is 0. The second-order valence-corrected chi connectivity index (χ2v) is 6.34. The van der Waals surface area contributed by atoms with Gasteiger partial charge in [0.05, 0.1) is 0 Å². The van der Waals surface area contributed by atoms with Crippen LogP contribution in [0.1, 0.15) is 40.7 Å². The zero-order chi connectivity index (χ0) is 18.1. The first-order chi connectivity index (χ1) is 11.9. The summed E-state index contributed by atoms with van der Waals surface area (Å²) in [6.45, 7) is 4.03. The molecular weight excluding hydrogens is 330 g/mol. The Morgan fingerprint density at radius 2 is 2.12 bits per heavy atom. The Bertz CT molecular complexity index is 761. The van der Waals surface area contributed by atoms with Crippen LogP contribution in [0.25, 0.3) is 0 Å². The summed E-state index contributed by atoms with van der Waals surface area (Å²) >= 11 is 0. The number of hydrogen-bond donors (Lipinski definition) is 1. The molecule has 0 saturated carbocycles. The van der Waals surface area contributed by atoms with E-state index >= 15 is 0 Å². The summed E-state index contributed by atoms with van der Waals surface area (Å²) in [5.41, 5.74) is 2.64. The van der Waals surface area contributed by atoms with Crippen LogP contribution in [0.4, 0.5) is 8.78 Å². The smallest absolute Gasteiger partial charge is 0.295 e. The molecule has 2 amide bonds. The van der Waals surface area contributed by atoms with Crippen LogP contribution in [-0.4, -0.2) is 35.0 Å². The highest BCUT2D eigenvalue weighted by Gasteiger charge is 2.38. The molecule has 1 N–H and O–H groups in total. The third kappa shape index (κ3) is 3.45. The predicted octanol–water partition coefficient (Wildman–Crippen LogP) is 2.20. The molecule has 5 nitrogen and oxygen atoms in total. The number of carbonyl (C=O) groups is 3. The van der Waals surface area contributed by atoms with Crippen LogP contribution in [0.5, 0.6) is 0 Å². The Labute approximate surface area is 143 Å². The lowest BCUT2D eigenvalue weighted by Gasteiger charge is -2.30. The average Bonchev–Trinajstić information content (AvgIpc) is 2.88. The first-order valence-electron chi connectivity index (χ1n) is 8.09. The molecule has 1 aromatic rings. The van der Waals surface area contributed by atoms with Gasteiger partial charge < -0.3 is 10.2 Å². The number of halogens is 2. The number of carbonyl (C=O) groups excluding carboxylic acids is 3. The second-order valence-electron chi connectivity index (χ2n) is 6.34. The standard InChI is InChI=1S/C18H18F2N2O3/c1-10-2-6-14(17(24)21-10)22-9-12-8-11(3-5-13(12)18(22)25)4-7-15(23)16(19)20/h3,5,8,14,16H,1-2,4,6-7,9H2,(H,21,24). The van der Waals surface area contributed by atoms with E-state index < -0.39 is 18.3 Å². The molecule has 1 atom stereocenters. The van der Waals surface area contributed by atoms with E-state index in [1.54, 1.807) is 18.2 Å². The Kier molecular flexibility index (Phi) is 4.65. The highest BCUT2D eigenvalue weighted by atomic mass is 19.3. The molecule has 0 bridgehead atoms. The van der Waals surface area contributed by atoms with Gasteiger partial charge in [-0.1, -0.05) is 18.7 Å². The molecule has 25 heavy (non-hydrogen) atoms. The molecule has 1 unspecified atom stereocenters. The van der Waals surface area contributed by atoms with Gasteiger partial charge in [-0.15, -0.1) is 0 Å². The van der Waals surface area contributed by atoms with Crippen LogP contribution in [0.15, 0.2) is 30.5 Å². The molecule has 2 aliphatic rings. The van der Waals surface area contributed by atoms with Crippen LogP contribution >= 0.6 is 0 Å². The fourth-order valence-corrected chi connectivity index (χ4v) is 3.24. The molecule has 132 valence electrons. The number of alkyl halides is 2. The van der Waals surface area contributed by atoms with Gasteiger partial charge in [-0.3, -0.25) is 14.4 Å². The molecule has 7 heteroatoms. The fourth-order valence-electron chi connectivity index (χ4n) is 3.24. The van der Waals surface area contributed by atoms with Crippen molar-refractivity contribution in [2.75, 3.05) is 0 Å². The number of hydrogen-bond acceptors (Lipinski definition) is 3. The maximum absolute atomic E-state index is 12.6. The van der Waals surface area contributed by atoms with Crippen LogP contribution in [0.3, 0.4) is 0 Å². The summed E-state index contributed by atoms with van der Waals surface area (Å²) in [6, 6.07) is 4.53. The lowest BCUT2D eigenvalue weighted by atomic mass is 10.0. The van der Waals surface area contributed by atoms with Gasteiger partial charge in [0, 0.05) is 24.2 Å². The van der Waals surface area contributed by atoms with Crippen LogP contribution in [0.2, 0.25) is 0 Å². The molecule has 2 aliphatic heterocycles. The predicted molar refractivity (Wildman–Crippen MR) is 86.0 cm³/mol. The molecule has 1 fully saturated rings. The summed E-state index contributed by atoms with van der Waals surface area (Å²) in [4.78, 5) is 37.3. The number of rotatable bonds is 5. The van der Waals surface area contributed by atoms with E-state index in [1.807, 2.05) is 0 Å². The van der Waals surface area contributed by atoms with E-state index in [4.69, 9.17) is 0 Å². The van der Waals surface area contributed by atoms with Crippen molar-refractivity contribution in [2.24, 2.45) is 0 Å². The fraction of sp³-hybridized carbons (Fsp3) is 0.389. The summed E-state index contributed by atoms with van der Waals surface area (Å²) in [5, 5.41) is 2.67. The van der Waals surface area contributed by atoms with Gasteiger partial charge in [0.15, 0.2) is 5.78 Å². The number of nitrogens with one attached hydrogen (secondary N) is 1. The zero-order valence-electron chi connectivity index (χ0n) is 13.6. The number of aryl methyl sites for hydroxylation is 1. The molecule has 2 heterocycles. The number of Topliss-reactive ketones (excluding diaryl/α,β-unsaturated/α-hetero) is 1. The molecule has 1 saturated heterocycles. The van der Waals surface area contributed by atoms with Crippen molar-refractivity contribution in [3.05, 3.63) is 47.2 Å². The van der Waals surface area contributed by atoms with Crippen molar-refractivity contribution in [1.82, 2.24) is 10.2 Å². The molecule has 0 aliphatic carbocycles. The van der Waals surface area contributed by atoms with E-state index in [-0.39, 0.29) is 24.7 Å².